The van der Waals surface area contributed by atoms with Crippen LogP contribution in [0.1, 0.15) is 69.3 Å². The molecule has 0 radical (unpaired) electrons. The topological polar surface area (TPSA) is 65.4 Å². The zero-order valence-corrected chi connectivity index (χ0v) is 19.0. The van der Waals surface area contributed by atoms with E-state index in [4.69, 9.17) is 0 Å². The molecule has 3 rings (SSSR count). The largest absolute Gasteiger partial charge is 0.390 e. The molecule has 1 aliphatic rings. The summed E-state index contributed by atoms with van der Waals surface area (Å²) in [5.74, 6) is 0.451. The van der Waals surface area contributed by atoms with Crippen LogP contribution in [0.3, 0.4) is 0 Å². The van der Waals surface area contributed by atoms with Crippen molar-refractivity contribution >= 4 is 12.4 Å². The van der Waals surface area contributed by atoms with Gasteiger partial charge in [0, 0.05) is 36.8 Å². The van der Waals surface area contributed by atoms with Crippen LogP contribution in [0.5, 0.6) is 0 Å². The number of nitrogens with one attached hydrogen (secondary N) is 1. The Hall–Kier alpha value is -1.46. The van der Waals surface area contributed by atoms with Crippen LogP contribution in [0.15, 0.2) is 42.6 Å². The van der Waals surface area contributed by atoms with Crippen molar-refractivity contribution in [3.8, 4) is 0 Å². The number of nitrogens with zero attached hydrogens (tertiary/aromatic N) is 1. The molecule has 0 saturated carbocycles. The van der Waals surface area contributed by atoms with E-state index in [0.29, 0.717) is 18.8 Å². The summed E-state index contributed by atoms with van der Waals surface area (Å²) in [6.07, 6.45) is 2.87. The smallest absolute Gasteiger partial charge is 0.122 e. The maximum atomic E-state index is 12.1. The van der Waals surface area contributed by atoms with Crippen LogP contribution >= 0.6 is 12.4 Å². The third kappa shape index (κ3) is 4.51. The lowest BCUT2D eigenvalue weighted by atomic mass is 9.62. The van der Waals surface area contributed by atoms with E-state index >= 15 is 0 Å². The van der Waals surface area contributed by atoms with Crippen molar-refractivity contribution in [2.75, 3.05) is 13.1 Å². The Morgan fingerprint density at radius 1 is 1.10 bits per heavy atom. The lowest BCUT2D eigenvalue weighted by Crippen LogP contribution is -2.63. The molecule has 0 amide bonds. The highest BCUT2D eigenvalue weighted by molar-refractivity contribution is 5.85. The van der Waals surface area contributed by atoms with E-state index < -0.39 is 11.2 Å². The van der Waals surface area contributed by atoms with Gasteiger partial charge >= 0.3 is 0 Å². The molecule has 160 valence electrons. The fraction of sp³-hybridized carbons (Fsp3) is 0.542. The van der Waals surface area contributed by atoms with Gasteiger partial charge in [-0.25, -0.2) is 0 Å². The van der Waals surface area contributed by atoms with Crippen LogP contribution in [0.4, 0.5) is 0 Å². The summed E-state index contributed by atoms with van der Waals surface area (Å²) < 4.78 is 0. The van der Waals surface area contributed by atoms with E-state index in [-0.39, 0.29) is 17.8 Å². The van der Waals surface area contributed by atoms with E-state index in [2.05, 4.69) is 55.3 Å². The Bertz CT molecular complexity index is 816. The van der Waals surface area contributed by atoms with Crippen molar-refractivity contribution in [3.05, 3.63) is 65.0 Å². The molecule has 0 aliphatic carbocycles. The minimum atomic E-state index is -1.12. The molecular formula is C24H35ClN2O2. The Morgan fingerprint density at radius 3 is 2.21 bits per heavy atom. The van der Waals surface area contributed by atoms with Gasteiger partial charge in [-0.1, -0.05) is 52.0 Å². The molecule has 2 heterocycles. The molecule has 2 aromatic rings. The van der Waals surface area contributed by atoms with Crippen LogP contribution in [0, 0.1) is 5.41 Å². The number of rotatable bonds is 7. The lowest BCUT2D eigenvalue weighted by molar-refractivity contribution is -0.0769. The molecule has 29 heavy (non-hydrogen) atoms. The van der Waals surface area contributed by atoms with Gasteiger partial charge in [0.1, 0.15) is 5.60 Å². The Labute approximate surface area is 181 Å². The van der Waals surface area contributed by atoms with Gasteiger partial charge in [0.25, 0.3) is 0 Å². The van der Waals surface area contributed by atoms with Gasteiger partial charge in [-0.15, -0.1) is 12.4 Å². The number of aromatic nitrogens is 1. The molecular weight excluding hydrogens is 384 g/mol. The number of aliphatic hydroxyl groups is 2. The minimum Gasteiger partial charge on any atom is -0.390 e. The number of pyridine rings is 1. The van der Waals surface area contributed by atoms with E-state index in [1.54, 1.807) is 6.20 Å². The van der Waals surface area contributed by atoms with E-state index in [0.717, 1.165) is 29.9 Å². The first-order valence-corrected chi connectivity index (χ1v) is 10.3. The second-order valence-corrected chi connectivity index (χ2v) is 9.21. The second-order valence-electron chi connectivity index (χ2n) is 9.21. The third-order valence-electron chi connectivity index (χ3n) is 6.46. The molecule has 0 spiro atoms. The summed E-state index contributed by atoms with van der Waals surface area (Å²) in [4.78, 5) is 4.46. The molecule has 1 unspecified atom stereocenters. The second kappa shape index (κ2) is 8.73. The minimum absolute atomic E-state index is 0. The standard InChI is InChI=1S/C24H34N2O2.ClH/c1-6-23(5,27)14-21-13-20(11-12-26-21)24(28,22(4)15-25-16-22)19-9-7-18(8-10-19)17(2)3;/h7-13,17,25,27-28H,6,14-16H2,1-5H3;1H/t23?,24-;/m0./s1. The van der Waals surface area contributed by atoms with Gasteiger partial charge < -0.3 is 15.5 Å². The first-order valence-electron chi connectivity index (χ1n) is 10.3. The molecule has 1 saturated heterocycles. The molecule has 4 nitrogen and oxygen atoms in total. The zero-order valence-electron chi connectivity index (χ0n) is 18.2. The van der Waals surface area contributed by atoms with Crippen molar-refractivity contribution in [1.82, 2.24) is 10.3 Å². The van der Waals surface area contributed by atoms with Crippen molar-refractivity contribution in [2.24, 2.45) is 5.41 Å². The fourth-order valence-corrected chi connectivity index (χ4v) is 4.04. The predicted molar refractivity (Wildman–Crippen MR) is 121 cm³/mol. The molecule has 1 aromatic heterocycles. The van der Waals surface area contributed by atoms with Crippen LogP contribution in [-0.4, -0.2) is 33.9 Å². The van der Waals surface area contributed by atoms with Gasteiger partial charge in [0.15, 0.2) is 0 Å². The Morgan fingerprint density at radius 2 is 1.72 bits per heavy atom. The molecule has 0 bridgehead atoms. The normalized spacial score (nSPS) is 19.6. The molecule has 2 atom stereocenters. The van der Waals surface area contributed by atoms with Crippen LogP contribution in [-0.2, 0) is 12.0 Å². The van der Waals surface area contributed by atoms with Crippen LogP contribution in [0.25, 0.3) is 0 Å². The summed E-state index contributed by atoms with van der Waals surface area (Å²) >= 11 is 0. The number of hydrogen-bond acceptors (Lipinski definition) is 4. The van der Waals surface area contributed by atoms with Crippen LogP contribution < -0.4 is 5.32 Å². The molecule has 3 N–H and O–H groups in total. The van der Waals surface area contributed by atoms with Crippen molar-refractivity contribution in [3.63, 3.8) is 0 Å². The van der Waals surface area contributed by atoms with Crippen molar-refractivity contribution in [2.45, 2.75) is 64.6 Å². The number of hydrogen-bond donors (Lipinski definition) is 3. The highest BCUT2D eigenvalue weighted by atomic mass is 35.5. The summed E-state index contributed by atoms with van der Waals surface area (Å²) in [6.45, 7) is 11.8. The van der Waals surface area contributed by atoms with Crippen molar-refractivity contribution < 1.29 is 10.2 Å². The molecule has 1 aromatic carbocycles. The first kappa shape index (κ1) is 23.8. The van der Waals surface area contributed by atoms with Gasteiger partial charge in [0.05, 0.1) is 5.60 Å². The average molecular weight is 419 g/mol. The van der Waals surface area contributed by atoms with Gasteiger partial charge in [-0.3, -0.25) is 4.98 Å². The first-order chi connectivity index (χ1) is 13.1. The quantitative estimate of drug-likeness (QED) is 0.631. The van der Waals surface area contributed by atoms with Gasteiger partial charge in [0.2, 0.25) is 0 Å². The SMILES string of the molecule is CCC(C)(O)Cc1cc([C@@](O)(c2ccc(C(C)C)cc2)C2(C)CNC2)ccn1.Cl. The third-order valence-corrected chi connectivity index (χ3v) is 6.46. The van der Waals surface area contributed by atoms with Gasteiger partial charge in [-0.05, 0) is 48.1 Å². The Kier molecular flexibility index (Phi) is 7.17. The monoisotopic (exact) mass is 418 g/mol. The van der Waals surface area contributed by atoms with Gasteiger partial charge in [-0.2, -0.15) is 0 Å². The summed E-state index contributed by atoms with van der Waals surface area (Å²) in [5, 5.41) is 25.9. The van der Waals surface area contributed by atoms with Crippen molar-refractivity contribution in [1.29, 1.82) is 0 Å². The number of halogens is 1. The van der Waals surface area contributed by atoms with E-state index in [1.807, 2.05) is 26.0 Å². The average Bonchev–Trinajstić information content (AvgIpc) is 2.65. The predicted octanol–water partition coefficient (Wildman–Crippen LogP) is 4.18. The lowest BCUT2D eigenvalue weighted by Gasteiger charge is -2.52. The molecule has 1 aliphatic heterocycles. The summed E-state index contributed by atoms with van der Waals surface area (Å²) in [7, 11) is 0. The molecule has 5 heteroatoms. The highest BCUT2D eigenvalue weighted by Gasteiger charge is 2.53. The van der Waals surface area contributed by atoms with Crippen LogP contribution in [0.2, 0.25) is 0 Å². The molecule has 1 fully saturated rings. The summed E-state index contributed by atoms with van der Waals surface area (Å²) in [5.41, 5.74) is 1.58. The maximum absolute atomic E-state index is 12.1. The number of benzene rings is 1. The fourth-order valence-electron chi connectivity index (χ4n) is 4.04. The zero-order chi connectivity index (χ0) is 20.6. The summed E-state index contributed by atoms with van der Waals surface area (Å²) in [6, 6.07) is 12.2. The van der Waals surface area contributed by atoms with E-state index in [1.165, 1.54) is 5.56 Å². The maximum Gasteiger partial charge on any atom is 0.122 e. The van der Waals surface area contributed by atoms with E-state index in [9.17, 15) is 10.2 Å². The Balaban J connectivity index is 0.00000300. The highest BCUT2D eigenvalue weighted by Crippen LogP contribution is 2.47.